The van der Waals surface area contributed by atoms with Crippen molar-refractivity contribution < 1.29 is 9.53 Å². The SMILES string of the molecule is Cc1ccc(OCCCn2c(C(C)NC(=O)/C=C\c3ccccc3)nc3ccccc32)cc1. The van der Waals surface area contributed by atoms with Crippen LogP contribution in [0.2, 0.25) is 0 Å². The molecule has 1 N–H and O–H groups in total. The van der Waals surface area contributed by atoms with Gasteiger partial charge >= 0.3 is 0 Å². The number of ether oxygens (including phenoxy) is 1. The molecule has 168 valence electrons. The van der Waals surface area contributed by atoms with E-state index < -0.39 is 0 Å². The number of hydrogen-bond acceptors (Lipinski definition) is 3. The van der Waals surface area contributed by atoms with E-state index >= 15 is 0 Å². The largest absolute Gasteiger partial charge is 0.494 e. The average molecular weight is 440 g/mol. The normalized spacial score (nSPS) is 12.2. The topological polar surface area (TPSA) is 56.1 Å². The maximum absolute atomic E-state index is 12.5. The van der Waals surface area contributed by atoms with Gasteiger partial charge in [-0.15, -0.1) is 0 Å². The van der Waals surface area contributed by atoms with Crippen molar-refractivity contribution in [3.8, 4) is 5.75 Å². The first-order valence-corrected chi connectivity index (χ1v) is 11.3. The zero-order valence-corrected chi connectivity index (χ0v) is 19.1. The van der Waals surface area contributed by atoms with Gasteiger partial charge in [0.1, 0.15) is 11.6 Å². The Morgan fingerprint density at radius 3 is 2.55 bits per heavy atom. The first-order valence-electron chi connectivity index (χ1n) is 11.3. The number of fused-ring (bicyclic) bond motifs is 1. The van der Waals surface area contributed by atoms with Crippen LogP contribution in [0.25, 0.3) is 17.1 Å². The number of nitrogens with one attached hydrogen (secondary N) is 1. The summed E-state index contributed by atoms with van der Waals surface area (Å²) < 4.78 is 8.08. The lowest BCUT2D eigenvalue weighted by Gasteiger charge is -2.16. The van der Waals surface area contributed by atoms with E-state index in [1.807, 2.05) is 85.8 Å². The minimum Gasteiger partial charge on any atom is -0.494 e. The van der Waals surface area contributed by atoms with Crippen molar-refractivity contribution in [2.24, 2.45) is 0 Å². The van der Waals surface area contributed by atoms with Gasteiger partial charge in [0.05, 0.1) is 23.7 Å². The van der Waals surface area contributed by atoms with E-state index in [2.05, 4.69) is 22.9 Å². The molecule has 0 aliphatic rings. The Morgan fingerprint density at radius 1 is 1.03 bits per heavy atom. The number of amides is 1. The molecule has 0 fully saturated rings. The monoisotopic (exact) mass is 439 g/mol. The maximum Gasteiger partial charge on any atom is 0.244 e. The van der Waals surface area contributed by atoms with Crippen LogP contribution in [0.15, 0.2) is 84.9 Å². The van der Waals surface area contributed by atoms with Gasteiger partial charge in [0, 0.05) is 12.6 Å². The number of para-hydroxylation sites is 2. The van der Waals surface area contributed by atoms with E-state index in [-0.39, 0.29) is 11.9 Å². The molecule has 0 aliphatic heterocycles. The van der Waals surface area contributed by atoms with Crippen LogP contribution < -0.4 is 10.1 Å². The molecule has 5 heteroatoms. The van der Waals surface area contributed by atoms with Gasteiger partial charge in [-0.05, 0) is 56.2 Å². The Balaban J connectivity index is 1.43. The molecule has 3 aromatic carbocycles. The molecule has 1 unspecified atom stereocenters. The first-order chi connectivity index (χ1) is 16.1. The molecule has 5 nitrogen and oxygen atoms in total. The van der Waals surface area contributed by atoms with Gasteiger partial charge in [-0.1, -0.05) is 60.2 Å². The van der Waals surface area contributed by atoms with Gasteiger partial charge in [0.25, 0.3) is 0 Å². The van der Waals surface area contributed by atoms with E-state index in [4.69, 9.17) is 9.72 Å². The van der Waals surface area contributed by atoms with Crippen molar-refractivity contribution in [1.82, 2.24) is 14.9 Å². The van der Waals surface area contributed by atoms with Crippen molar-refractivity contribution in [2.45, 2.75) is 32.9 Å². The van der Waals surface area contributed by atoms with Crippen molar-refractivity contribution >= 4 is 23.0 Å². The van der Waals surface area contributed by atoms with Crippen molar-refractivity contribution in [1.29, 1.82) is 0 Å². The molecule has 0 bridgehead atoms. The predicted octanol–water partition coefficient (Wildman–Crippen LogP) is 5.70. The lowest BCUT2D eigenvalue weighted by molar-refractivity contribution is -0.117. The number of hydrogen-bond donors (Lipinski definition) is 1. The second-order valence-corrected chi connectivity index (χ2v) is 8.10. The molecule has 0 spiro atoms. The Morgan fingerprint density at radius 2 is 1.76 bits per heavy atom. The second kappa shape index (κ2) is 10.6. The number of carbonyl (C=O) groups is 1. The number of carbonyl (C=O) groups excluding carboxylic acids is 1. The van der Waals surface area contributed by atoms with Crippen LogP contribution in [-0.2, 0) is 11.3 Å². The van der Waals surface area contributed by atoms with Crippen molar-refractivity contribution in [2.75, 3.05) is 6.61 Å². The molecule has 4 aromatic rings. The highest BCUT2D eigenvalue weighted by Gasteiger charge is 2.17. The minimum absolute atomic E-state index is 0.146. The lowest BCUT2D eigenvalue weighted by Crippen LogP contribution is -2.27. The molecule has 0 saturated carbocycles. The van der Waals surface area contributed by atoms with Crippen LogP contribution in [0.3, 0.4) is 0 Å². The Hall–Kier alpha value is -3.86. The van der Waals surface area contributed by atoms with E-state index in [0.29, 0.717) is 6.61 Å². The summed E-state index contributed by atoms with van der Waals surface area (Å²) in [5.41, 5.74) is 4.18. The van der Waals surface area contributed by atoms with Crippen LogP contribution in [0, 0.1) is 6.92 Å². The summed E-state index contributed by atoms with van der Waals surface area (Å²) in [4.78, 5) is 17.3. The third-order valence-corrected chi connectivity index (χ3v) is 5.47. The average Bonchev–Trinajstić information content (AvgIpc) is 3.21. The number of rotatable bonds is 9. The van der Waals surface area contributed by atoms with Crippen molar-refractivity contribution in [3.63, 3.8) is 0 Å². The molecule has 0 aliphatic carbocycles. The number of benzene rings is 3. The summed E-state index contributed by atoms with van der Waals surface area (Å²) in [5.74, 6) is 1.57. The number of nitrogens with zero attached hydrogens (tertiary/aromatic N) is 2. The zero-order valence-electron chi connectivity index (χ0n) is 19.1. The Bertz CT molecular complexity index is 1230. The first kappa shape index (κ1) is 22.3. The number of imidazole rings is 1. The molecule has 1 amide bonds. The molecule has 4 rings (SSSR count). The lowest BCUT2D eigenvalue weighted by atomic mass is 10.2. The quantitative estimate of drug-likeness (QED) is 0.269. The maximum atomic E-state index is 12.5. The summed E-state index contributed by atoms with van der Waals surface area (Å²) in [6, 6.07) is 25.7. The summed E-state index contributed by atoms with van der Waals surface area (Å²) in [7, 11) is 0. The second-order valence-electron chi connectivity index (χ2n) is 8.10. The van der Waals surface area contributed by atoms with Gasteiger partial charge in [-0.3, -0.25) is 4.79 Å². The van der Waals surface area contributed by atoms with E-state index in [9.17, 15) is 4.79 Å². The van der Waals surface area contributed by atoms with Crippen LogP contribution in [0.5, 0.6) is 5.75 Å². The van der Waals surface area contributed by atoms with Crippen LogP contribution in [0.1, 0.15) is 36.3 Å². The highest BCUT2D eigenvalue weighted by molar-refractivity contribution is 5.92. The molecule has 1 aromatic heterocycles. The van der Waals surface area contributed by atoms with Crippen LogP contribution in [0.4, 0.5) is 0 Å². The highest BCUT2D eigenvalue weighted by atomic mass is 16.5. The fraction of sp³-hybridized carbons (Fsp3) is 0.214. The van der Waals surface area contributed by atoms with E-state index in [1.54, 1.807) is 6.08 Å². The third-order valence-electron chi connectivity index (χ3n) is 5.47. The van der Waals surface area contributed by atoms with Gasteiger partial charge < -0.3 is 14.6 Å². The zero-order chi connectivity index (χ0) is 23.0. The van der Waals surface area contributed by atoms with Crippen molar-refractivity contribution in [3.05, 3.63) is 102 Å². The molecule has 0 saturated heterocycles. The van der Waals surface area contributed by atoms with E-state index in [0.717, 1.165) is 41.1 Å². The van der Waals surface area contributed by atoms with Gasteiger partial charge in [0.15, 0.2) is 0 Å². The third kappa shape index (κ3) is 5.89. The molecular weight excluding hydrogens is 410 g/mol. The molecule has 1 atom stereocenters. The molecule has 33 heavy (non-hydrogen) atoms. The highest BCUT2D eigenvalue weighted by Crippen LogP contribution is 2.21. The number of aromatic nitrogens is 2. The fourth-order valence-electron chi connectivity index (χ4n) is 3.77. The minimum atomic E-state index is -0.233. The Labute approximate surface area is 194 Å². The number of aryl methyl sites for hydroxylation is 2. The molecule has 0 radical (unpaired) electrons. The predicted molar refractivity (Wildman–Crippen MR) is 133 cm³/mol. The summed E-state index contributed by atoms with van der Waals surface area (Å²) in [6.45, 7) is 5.39. The molecule has 1 heterocycles. The Kier molecular flexibility index (Phi) is 7.20. The summed E-state index contributed by atoms with van der Waals surface area (Å²) in [5, 5.41) is 3.05. The smallest absolute Gasteiger partial charge is 0.244 e. The standard InChI is InChI=1S/C28H29N3O2/c1-21-13-16-24(17-14-21)33-20-8-19-31-26-12-7-6-11-25(26)30-28(31)22(2)29-27(32)18-15-23-9-4-3-5-10-23/h3-7,9-18,22H,8,19-20H2,1-2H3,(H,29,32)/b18-15-. The van der Waals surface area contributed by atoms with Gasteiger partial charge in [0.2, 0.25) is 5.91 Å². The van der Waals surface area contributed by atoms with Crippen LogP contribution >= 0.6 is 0 Å². The van der Waals surface area contributed by atoms with E-state index in [1.165, 1.54) is 5.56 Å². The van der Waals surface area contributed by atoms with Gasteiger partial charge in [-0.2, -0.15) is 0 Å². The molecular formula is C28H29N3O2. The summed E-state index contributed by atoms with van der Waals surface area (Å²) in [6.07, 6.45) is 4.21. The van der Waals surface area contributed by atoms with Gasteiger partial charge in [-0.25, -0.2) is 4.98 Å². The van der Waals surface area contributed by atoms with Crippen LogP contribution in [-0.4, -0.2) is 22.1 Å². The fourth-order valence-corrected chi connectivity index (χ4v) is 3.77. The summed E-state index contributed by atoms with van der Waals surface area (Å²) >= 11 is 0.